The van der Waals surface area contributed by atoms with Crippen LogP contribution in [0.25, 0.3) is 55.1 Å². The molecule has 2 heterocycles. The predicted octanol–water partition coefficient (Wildman–Crippen LogP) is 7.78. The Morgan fingerprint density at radius 3 is 2.23 bits per heavy atom. The smallest absolute Gasteiger partial charge is 0.138 e. The van der Waals surface area contributed by atoms with Gasteiger partial charge in [0.2, 0.25) is 0 Å². The minimum Gasteiger partial charge on any atom is -0.456 e. The highest BCUT2D eigenvalue weighted by Gasteiger charge is 2.19. The lowest BCUT2D eigenvalue weighted by atomic mass is 9.93. The first-order valence-corrected chi connectivity index (χ1v) is 10.2. The zero-order valence-electron chi connectivity index (χ0n) is 16.6. The molecule has 0 aliphatic heterocycles. The highest BCUT2D eigenvalue weighted by molar-refractivity contribution is 6.15. The van der Waals surface area contributed by atoms with Gasteiger partial charge in [-0.15, -0.1) is 0 Å². The summed E-state index contributed by atoms with van der Waals surface area (Å²) in [5.74, 6) is 0.907. The van der Waals surface area contributed by atoms with E-state index in [4.69, 9.17) is 9.40 Å². The first-order valence-electron chi connectivity index (χ1n) is 10.2. The molecule has 0 spiro atoms. The number of aryl methyl sites for hydroxylation is 1. The van der Waals surface area contributed by atoms with Crippen molar-refractivity contribution in [3.63, 3.8) is 0 Å². The van der Waals surface area contributed by atoms with Crippen molar-refractivity contribution >= 4 is 32.5 Å². The largest absolute Gasteiger partial charge is 0.456 e. The van der Waals surface area contributed by atoms with Crippen LogP contribution in [0.3, 0.4) is 0 Å². The van der Waals surface area contributed by atoms with Gasteiger partial charge in [-0.05, 0) is 40.6 Å². The third-order valence-corrected chi connectivity index (χ3v) is 5.90. The molecule has 6 aromatic rings. The highest BCUT2D eigenvalue weighted by Crippen LogP contribution is 2.41. The van der Waals surface area contributed by atoms with Gasteiger partial charge in [-0.1, -0.05) is 78.9 Å². The Labute approximate surface area is 174 Å². The molecular weight excluding hydrogens is 366 g/mol. The standard InChI is InChI=1S/C28H19NO/c1-18-26-25(30-28(18)19-9-3-2-4-10-19)15-16-29-27(26)24-17-20-11-5-6-12-21(20)22-13-7-8-14-23(22)24/h2-17H,1H3. The molecular formula is C28H19NO. The summed E-state index contributed by atoms with van der Waals surface area (Å²) in [6, 6.07) is 31.6. The van der Waals surface area contributed by atoms with Crippen molar-refractivity contribution in [2.24, 2.45) is 0 Å². The van der Waals surface area contributed by atoms with E-state index in [9.17, 15) is 0 Å². The van der Waals surface area contributed by atoms with Gasteiger partial charge >= 0.3 is 0 Å². The van der Waals surface area contributed by atoms with E-state index in [2.05, 4.69) is 73.7 Å². The third kappa shape index (κ3) is 2.47. The lowest BCUT2D eigenvalue weighted by molar-refractivity contribution is 0.629. The van der Waals surface area contributed by atoms with Crippen molar-refractivity contribution in [2.45, 2.75) is 6.92 Å². The van der Waals surface area contributed by atoms with Crippen molar-refractivity contribution in [1.29, 1.82) is 0 Å². The second-order valence-corrected chi connectivity index (χ2v) is 7.65. The van der Waals surface area contributed by atoms with Gasteiger partial charge in [0.25, 0.3) is 0 Å². The summed E-state index contributed by atoms with van der Waals surface area (Å²) < 4.78 is 6.31. The average Bonchev–Trinajstić information content (AvgIpc) is 3.16. The zero-order chi connectivity index (χ0) is 20.1. The number of pyridine rings is 1. The van der Waals surface area contributed by atoms with Crippen molar-refractivity contribution in [3.05, 3.63) is 103 Å². The summed E-state index contributed by atoms with van der Waals surface area (Å²) in [6.45, 7) is 2.13. The molecule has 0 amide bonds. The maximum atomic E-state index is 6.31. The molecule has 0 atom stereocenters. The van der Waals surface area contributed by atoms with E-state index in [-0.39, 0.29) is 0 Å². The number of rotatable bonds is 2. The van der Waals surface area contributed by atoms with Crippen molar-refractivity contribution in [1.82, 2.24) is 4.98 Å². The van der Waals surface area contributed by atoms with E-state index in [1.807, 2.05) is 30.5 Å². The van der Waals surface area contributed by atoms with Crippen LogP contribution in [-0.4, -0.2) is 4.98 Å². The van der Waals surface area contributed by atoms with Crippen LogP contribution in [0.2, 0.25) is 0 Å². The number of nitrogens with zero attached hydrogens (tertiary/aromatic N) is 1. The lowest BCUT2D eigenvalue weighted by Gasteiger charge is -2.11. The Balaban J connectivity index is 1.72. The maximum Gasteiger partial charge on any atom is 0.138 e. The van der Waals surface area contributed by atoms with Crippen LogP contribution in [0.1, 0.15) is 5.56 Å². The van der Waals surface area contributed by atoms with Gasteiger partial charge in [-0.3, -0.25) is 4.98 Å². The third-order valence-electron chi connectivity index (χ3n) is 5.90. The number of hydrogen-bond acceptors (Lipinski definition) is 2. The van der Waals surface area contributed by atoms with Gasteiger partial charge in [-0.25, -0.2) is 0 Å². The molecule has 0 fully saturated rings. The quantitative estimate of drug-likeness (QED) is 0.284. The summed E-state index contributed by atoms with van der Waals surface area (Å²) in [4.78, 5) is 4.84. The van der Waals surface area contributed by atoms with E-state index in [1.54, 1.807) is 0 Å². The first kappa shape index (κ1) is 17.0. The number of furan rings is 1. The Hall–Kier alpha value is -3.91. The fraction of sp³-hybridized carbons (Fsp3) is 0.0357. The maximum absolute atomic E-state index is 6.31. The fourth-order valence-electron chi connectivity index (χ4n) is 4.51. The van der Waals surface area contributed by atoms with Gasteiger partial charge in [0.1, 0.15) is 11.3 Å². The second-order valence-electron chi connectivity index (χ2n) is 7.65. The van der Waals surface area contributed by atoms with Crippen molar-refractivity contribution < 1.29 is 4.42 Å². The summed E-state index contributed by atoms with van der Waals surface area (Å²) in [5.41, 5.74) is 5.18. The molecule has 30 heavy (non-hydrogen) atoms. The van der Waals surface area contributed by atoms with Crippen LogP contribution in [-0.2, 0) is 0 Å². The number of benzene rings is 4. The van der Waals surface area contributed by atoms with Crippen LogP contribution in [0.5, 0.6) is 0 Å². The molecule has 0 aliphatic rings. The molecule has 6 rings (SSSR count). The Bertz CT molecular complexity index is 1540. The zero-order valence-corrected chi connectivity index (χ0v) is 16.6. The van der Waals surface area contributed by atoms with Crippen molar-refractivity contribution in [3.8, 4) is 22.6 Å². The van der Waals surface area contributed by atoms with Crippen molar-refractivity contribution in [2.75, 3.05) is 0 Å². The molecule has 0 bridgehead atoms. The van der Waals surface area contributed by atoms with Gasteiger partial charge in [0.05, 0.1) is 11.1 Å². The molecule has 0 unspecified atom stereocenters. The Morgan fingerprint density at radius 2 is 1.40 bits per heavy atom. The highest BCUT2D eigenvalue weighted by atomic mass is 16.3. The molecule has 2 aromatic heterocycles. The van der Waals surface area contributed by atoms with E-state index < -0.39 is 0 Å². The van der Waals surface area contributed by atoms with Gasteiger partial charge in [0, 0.05) is 22.9 Å². The predicted molar refractivity (Wildman–Crippen MR) is 125 cm³/mol. The van der Waals surface area contributed by atoms with Gasteiger partial charge in [0.15, 0.2) is 0 Å². The Morgan fingerprint density at radius 1 is 0.700 bits per heavy atom. The van der Waals surface area contributed by atoms with Crippen LogP contribution >= 0.6 is 0 Å². The molecule has 4 aromatic carbocycles. The fourth-order valence-corrected chi connectivity index (χ4v) is 4.51. The molecule has 0 N–H and O–H groups in total. The summed E-state index contributed by atoms with van der Waals surface area (Å²) in [6.07, 6.45) is 1.85. The Kier molecular flexibility index (Phi) is 3.72. The van der Waals surface area contributed by atoms with Crippen LogP contribution < -0.4 is 0 Å². The topological polar surface area (TPSA) is 26.0 Å². The van der Waals surface area contributed by atoms with Crippen LogP contribution in [0, 0.1) is 6.92 Å². The minimum atomic E-state index is 0.869. The van der Waals surface area contributed by atoms with Gasteiger partial charge < -0.3 is 4.42 Å². The molecule has 2 heteroatoms. The minimum absolute atomic E-state index is 0.869. The normalized spacial score (nSPS) is 11.5. The van der Waals surface area contributed by atoms with Gasteiger partial charge in [-0.2, -0.15) is 0 Å². The molecule has 0 aliphatic carbocycles. The molecule has 0 saturated heterocycles. The average molecular weight is 385 g/mol. The first-order chi connectivity index (χ1) is 14.8. The monoisotopic (exact) mass is 385 g/mol. The molecule has 142 valence electrons. The molecule has 2 nitrogen and oxygen atoms in total. The van der Waals surface area contributed by atoms with Crippen LogP contribution in [0.15, 0.2) is 102 Å². The lowest BCUT2D eigenvalue weighted by Crippen LogP contribution is -1.89. The number of fused-ring (bicyclic) bond motifs is 4. The summed E-state index contributed by atoms with van der Waals surface area (Å²) >= 11 is 0. The molecule has 0 radical (unpaired) electrons. The van der Waals surface area contributed by atoms with E-state index in [1.165, 1.54) is 21.5 Å². The van der Waals surface area contributed by atoms with E-state index >= 15 is 0 Å². The van der Waals surface area contributed by atoms with Crippen LogP contribution in [0.4, 0.5) is 0 Å². The number of aromatic nitrogens is 1. The van der Waals surface area contributed by atoms with E-state index in [0.29, 0.717) is 0 Å². The number of hydrogen-bond donors (Lipinski definition) is 0. The van der Waals surface area contributed by atoms with E-state index in [0.717, 1.165) is 39.1 Å². The second kappa shape index (κ2) is 6.57. The summed E-state index contributed by atoms with van der Waals surface area (Å²) in [5, 5.41) is 6.01. The SMILES string of the molecule is Cc1c(-c2ccccc2)oc2ccnc(-c3cc4ccccc4c4ccccc34)c12. The summed E-state index contributed by atoms with van der Waals surface area (Å²) in [7, 11) is 0. The molecule has 0 saturated carbocycles.